The maximum atomic E-state index is 14.9. The van der Waals surface area contributed by atoms with Crippen molar-refractivity contribution >= 4 is 27.6 Å². The van der Waals surface area contributed by atoms with Crippen LogP contribution in [0.1, 0.15) is 37.6 Å². The van der Waals surface area contributed by atoms with Gasteiger partial charge in [-0.1, -0.05) is 6.07 Å². The third-order valence-corrected chi connectivity index (χ3v) is 8.83. The first-order chi connectivity index (χ1) is 16.9. The van der Waals surface area contributed by atoms with Crippen LogP contribution in [0.3, 0.4) is 0 Å². The fourth-order valence-corrected chi connectivity index (χ4v) is 5.42. The number of aliphatic imine (C=N–C) groups is 1. The van der Waals surface area contributed by atoms with Crippen molar-refractivity contribution in [2.75, 3.05) is 12.4 Å². The second-order valence-corrected chi connectivity index (χ2v) is 11.7. The van der Waals surface area contributed by atoms with E-state index in [1.54, 1.807) is 18.7 Å². The highest BCUT2D eigenvalue weighted by molar-refractivity contribution is 7.93. The van der Waals surface area contributed by atoms with Crippen LogP contribution in [-0.4, -0.2) is 50.9 Å². The SMILES string of the molecule is CC1(c2cc(C=C(F)c3cnc(OCCn4ccnc4)cn3)ccc2F)CS(=O)(=O)C(C)(C)C(N)=N1. The van der Waals surface area contributed by atoms with Gasteiger partial charge in [0.15, 0.2) is 15.7 Å². The zero-order valence-electron chi connectivity index (χ0n) is 20.0. The molecule has 1 aromatic carbocycles. The molecule has 3 heterocycles. The van der Waals surface area contributed by atoms with E-state index in [-0.39, 0.29) is 23.0 Å². The van der Waals surface area contributed by atoms with Gasteiger partial charge >= 0.3 is 0 Å². The Bertz CT molecular complexity index is 1420. The monoisotopic (exact) mass is 516 g/mol. The number of nitrogens with two attached hydrogens (primary N) is 1. The van der Waals surface area contributed by atoms with E-state index >= 15 is 0 Å². The first-order valence-electron chi connectivity index (χ1n) is 11.1. The van der Waals surface area contributed by atoms with E-state index in [2.05, 4.69) is 19.9 Å². The van der Waals surface area contributed by atoms with Crippen LogP contribution in [0.4, 0.5) is 8.78 Å². The number of sulfone groups is 1. The molecule has 36 heavy (non-hydrogen) atoms. The number of ether oxygens (including phenoxy) is 1. The maximum absolute atomic E-state index is 14.9. The van der Waals surface area contributed by atoms with Gasteiger partial charge in [-0.3, -0.25) is 4.99 Å². The molecule has 1 unspecified atom stereocenters. The fraction of sp³-hybridized carbons (Fsp3) is 0.333. The van der Waals surface area contributed by atoms with E-state index in [9.17, 15) is 17.2 Å². The van der Waals surface area contributed by atoms with Crippen molar-refractivity contribution in [2.45, 2.75) is 37.6 Å². The second-order valence-electron chi connectivity index (χ2n) is 9.16. The van der Waals surface area contributed by atoms with Crippen molar-refractivity contribution in [1.82, 2.24) is 19.5 Å². The van der Waals surface area contributed by atoms with Gasteiger partial charge in [0.05, 0.1) is 31.0 Å². The van der Waals surface area contributed by atoms with Gasteiger partial charge in [-0.2, -0.15) is 0 Å². The smallest absolute Gasteiger partial charge is 0.232 e. The van der Waals surface area contributed by atoms with Crippen LogP contribution in [0.15, 0.2) is 54.3 Å². The van der Waals surface area contributed by atoms with E-state index in [4.69, 9.17) is 10.5 Å². The second kappa shape index (κ2) is 9.41. The number of benzene rings is 1. The standard InChI is InChI=1S/C24H26F2N6O3S/c1-23(2)22(27)31-24(3,14-36(23,33)34)17-10-16(4-5-18(17)25)11-19(26)20-12-30-21(13-29-20)35-9-8-32-7-6-28-15-32/h4-7,10-13,15H,8-9,14H2,1-3H3,(H2,27,31). The number of hydrogen-bond acceptors (Lipinski definition) is 8. The van der Waals surface area contributed by atoms with Crippen LogP contribution < -0.4 is 10.5 Å². The summed E-state index contributed by atoms with van der Waals surface area (Å²) < 4.78 is 61.4. The molecule has 1 aliphatic rings. The highest BCUT2D eigenvalue weighted by Gasteiger charge is 2.49. The molecule has 3 aromatic rings. The van der Waals surface area contributed by atoms with Gasteiger partial charge in [0, 0.05) is 18.0 Å². The Kier molecular flexibility index (Phi) is 6.65. The summed E-state index contributed by atoms with van der Waals surface area (Å²) in [4.78, 5) is 16.4. The molecule has 1 atom stereocenters. The average Bonchev–Trinajstić information content (AvgIpc) is 3.33. The number of nitrogens with zero attached hydrogens (tertiary/aromatic N) is 5. The predicted molar refractivity (Wildman–Crippen MR) is 132 cm³/mol. The van der Waals surface area contributed by atoms with Gasteiger partial charge in [0.2, 0.25) is 5.88 Å². The minimum absolute atomic E-state index is 0.00111. The van der Waals surface area contributed by atoms with Gasteiger partial charge in [-0.25, -0.2) is 32.2 Å². The van der Waals surface area contributed by atoms with Gasteiger partial charge in [0.25, 0.3) is 0 Å². The van der Waals surface area contributed by atoms with Crippen LogP contribution in [0, 0.1) is 5.82 Å². The van der Waals surface area contributed by atoms with Crippen LogP contribution in [0.25, 0.3) is 11.9 Å². The van der Waals surface area contributed by atoms with Gasteiger partial charge < -0.3 is 15.0 Å². The molecule has 9 nitrogen and oxygen atoms in total. The molecule has 190 valence electrons. The minimum Gasteiger partial charge on any atom is -0.475 e. The highest BCUT2D eigenvalue weighted by Crippen LogP contribution is 2.38. The first-order valence-corrected chi connectivity index (χ1v) is 12.7. The zero-order chi connectivity index (χ0) is 26.1. The molecule has 0 saturated carbocycles. The summed E-state index contributed by atoms with van der Waals surface area (Å²) in [5, 5.41) is 0. The Morgan fingerprint density at radius 3 is 2.67 bits per heavy atom. The summed E-state index contributed by atoms with van der Waals surface area (Å²) in [6, 6.07) is 3.87. The summed E-state index contributed by atoms with van der Waals surface area (Å²) in [6.45, 7) is 5.31. The van der Waals surface area contributed by atoms with E-state index in [0.29, 0.717) is 18.7 Å². The van der Waals surface area contributed by atoms with Crippen molar-refractivity contribution in [3.63, 3.8) is 0 Å². The largest absolute Gasteiger partial charge is 0.475 e. The van der Waals surface area contributed by atoms with Crippen molar-refractivity contribution in [3.8, 4) is 5.88 Å². The average molecular weight is 517 g/mol. The number of hydrogen-bond donors (Lipinski definition) is 1. The number of rotatable bonds is 7. The Hall–Kier alpha value is -3.67. The lowest BCUT2D eigenvalue weighted by Crippen LogP contribution is -2.55. The molecular weight excluding hydrogens is 490 g/mol. The molecular formula is C24H26F2N6O3S. The fourth-order valence-electron chi connectivity index (χ4n) is 3.73. The Labute approximate surface area is 207 Å². The Balaban J connectivity index is 1.54. The number of amidine groups is 1. The van der Waals surface area contributed by atoms with E-state index in [1.165, 1.54) is 45.3 Å². The summed E-state index contributed by atoms with van der Waals surface area (Å²) in [5.41, 5.74) is 4.75. The lowest BCUT2D eigenvalue weighted by atomic mass is 9.91. The van der Waals surface area contributed by atoms with E-state index in [1.807, 2.05) is 4.57 Å². The highest BCUT2D eigenvalue weighted by atomic mass is 32.2. The quantitative estimate of drug-likeness (QED) is 0.511. The molecule has 0 spiro atoms. The molecule has 0 bridgehead atoms. The molecule has 0 aliphatic carbocycles. The summed E-state index contributed by atoms with van der Waals surface area (Å²) in [7, 11) is -3.73. The molecule has 1 aliphatic heterocycles. The molecule has 0 fully saturated rings. The summed E-state index contributed by atoms with van der Waals surface area (Å²) in [5.74, 6) is -1.69. The number of aromatic nitrogens is 4. The Morgan fingerprint density at radius 2 is 2.03 bits per heavy atom. The van der Waals surface area contributed by atoms with E-state index in [0.717, 1.165) is 12.1 Å². The predicted octanol–water partition coefficient (Wildman–Crippen LogP) is 3.14. The van der Waals surface area contributed by atoms with Gasteiger partial charge in [0.1, 0.15) is 34.2 Å². The topological polar surface area (TPSA) is 125 Å². The van der Waals surface area contributed by atoms with Crippen molar-refractivity contribution < 1.29 is 21.9 Å². The summed E-state index contributed by atoms with van der Waals surface area (Å²) in [6.07, 6.45) is 8.81. The van der Waals surface area contributed by atoms with Crippen molar-refractivity contribution in [3.05, 3.63) is 72.0 Å². The van der Waals surface area contributed by atoms with Crippen LogP contribution in [0.5, 0.6) is 5.88 Å². The normalized spacial score (nSPS) is 21.1. The molecule has 2 aromatic heterocycles. The zero-order valence-corrected chi connectivity index (χ0v) is 20.8. The lowest BCUT2D eigenvalue weighted by Gasteiger charge is -2.38. The number of imidazole rings is 1. The number of halogens is 2. The minimum atomic E-state index is -3.73. The lowest BCUT2D eigenvalue weighted by molar-refractivity contribution is 0.286. The first kappa shape index (κ1) is 25.4. The van der Waals surface area contributed by atoms with Gasteiger partial charge in [-0.05, 0) is 44.5 Å². The molecule has 2 N–H and O–H groups in total. The van der Waals surface area contributed by atoms with Crippen LogP contribution in [0.2, 0.25) is 0 Å². The maximum Gasteiger partial charge on any atom is 0.232 e. The third-order valence-electron chi connectivity index (χ3n) is 6.13. The molecule has 4 rings (SSSR count). The molecule has 12 heteroatoms. The molecule has 0 amide bonds. The van der Waals surface area contributed by atoms with Crippen LogP contribution >= 0.6 is 0 Å². The van der Waals surface area contributed by atoms with Crippen LogP contribution in [-0.2, 0) is 21.9 Å². The van der Waals surface area contributed by atoms with Gasteiger partial charge in [-0.15, -0.1) is 0 Å². The van der Waals surface area contributed by atoms with Crippen molar-refractivity contribution in [2.24, 2.45) is 10.7 Å². The molecule has 0 saturated heterocycles. The summed E-state index contributed by atoms with van der Waals surface area (Å²) >= 11 is 0. The third kappa shape index (κ3) is 4.99. The van der Waals surface area contributed by atoms with Crippen molar-refractivity contribution in [1.29, 1.82) is 0 Å². The van der Waals surface area contributed by atoms with E-state index < -0.39 is 37.5 Å². The Morgan fingerprint density at radius 1 is 1.25 bits per heavy atom. The molecule has 0 radical (unpaired) electrons.